The summed E-state index contributed by atoms with van der Waals surface area (Å²) in [6.45, 7) is 8.66. The van der Waals surface area contributed by atoms with Crippen LogP contribution in [0.5, 0.6) is 5.75 Å². The summed E-state index contributed by atoms with van der Waals surface area (Å²) in [5.74, 6) is -0.177. The van der Waals surface area contributed by atoms with Gasteiger partial charge >= 0.3 is 19.4 Å². The number of rotatable bonds is 13. The van der Waals surface area contributed by atoms with Crippen molar-refractivity contribution in [2.75, 3.05) is 26.1 Å². The van der Waals surface area contributed by atoms with Gasteiger partial charge in [0.05, 0.1) is 18.1 Å². The van der Waals surface area contributed by atoms with Gasteiger partial charge in [-0.05, 0) is 44.9 Å². The standard InChI is InChI=1S/C27H41N4O9P/c1-7-17(2)19(15-37-25(33)27(3,4)5)30-41(35,40-18-11-9-8-10-12-18)38-16-20-22(32)23(36-6)24(39-20)31-14-13-21(28)29-26(31)34/h8-14,17,19-20,22-24,32H,7,15-16H2,1-6H3,(H,30,35)(H2,28,29,34)/t17-,19+,20+,22?,23?,24+,41?/m0/s1. The molecule has 0 saturated carbocycles. The number of aliphatic hydroxyl groups excluding tert-OH is 1. The Kier molecular flexibility index (Phi) is 11.1. The van der Waals surface area contributed by atoms with Crippen LogP contribution in [0, 0.1) is 11.3 Å². The zero-order valence-corrected chi connectivity index (χ0v) is 25.2. The molecular formula is C27H41N4O9P. The van der Waals surface area contributed by atoms with E-state index >= 15 is 0 Å². The van der Waals surface area contributed by atoms with Gasteiger partial charge < -0.3 is 29.6 Å². The third-order valence-electron chi connectivity index (χ3n) is 6.75. The predicted octanol–water partition coefficient (Wildman–Crippen LogP) is 2.90. The van der Waals surface area contributed by atoms with Crippen LogP contribution >= 0.6 is 7.75 Å². The lowest BCUT2D eigenvalue weighted by atomic mass is 9.97. The smallest absolute Gasteiger partial charge is 0.459 e. The number of nitrogens with two attached hydrogens (primary N) is 1. The number of anilines is 1. The summed E-state index contributed by atoms with van der Waals surface area (Å²) in [5.41, 5.74) is 4.19. The van der Waals surface area contributed by atoms with Crippen LogP contribution in [-0.2, 0) is 28.1 Å². The van der Waals surface area contributed by atoms with Crippen molar-refractivity contribution >= 4 is 19.5 Å². The van der Waals surface area contributed by atoms with E-state index in [0.29, 0.717) is 6.42 Å². The molecule has 0 spiro atoms. The molecule has 2 heterocycles. The number of methoxy groups -OCH3 is 1. The number of ether oxygens (including phenoxy) is 3. The predicted molar refractivity (Wildman–Crippen MR) is 151 cm³/mol. The molecule has 1 saturated heterocycles. The minimum atomic E-state index is -4.15. The first-order valence-corrected chi connectivity index (χ1v) is 15.0. The number of carbonyl (C=O) groups excluding carboxylic acids is 1. The monoisotopic (exact) mass is 596 g/mol. The van der Waals surface area contributed by atoms with Crippen molar-refractivity contribution in [2.45, 2.75) is 71.6 Å². The summed E-state index contributed by atoms with van der Waals surface area (Å²) in [6.07, 6.45) is -2.24. The molecule has 3 rings (SSSR count). The highest BCUT2D eigenvalue weighted by atomic mass is 31.2. The maximum absolute atomic E-state index is 14.2. The van der Waals surface area contributed by atoms with E-state index < -0.39 is 55.4 Å². The Balaban J connectivity index is 1.82. The third-order valence-corrected chi connectivity index (χ3v) is 8.34. The first-order chi connectivity index (χ1) is 19.3. The Labute approximate surface area is 239 Å². The molecule has 2 aromatic rings. The quantitative estimate of drug-likeness (QED) is 0.228. The first-order valence-electron chi connectivity index (χ1n) is 13.4. The molecule has 1 fully saturated rings. The van der Waals surface area contributed by atoms with E-state index in [-0.39, 0.29) is 30.7 Å². The molecule has 0 amide bonds. The molecule has 1 aromatic carbocycles. The number of nitrogens with zero attached hydrogens (tertiary/aromatic N) is 2. The normalized spacial score (nSPS) is 23.9. The summed E-state index contributed by atoms with van der Waals surface area (Å²) < 4.78 is 43.8. The molecule has 3 unspecified atom stereocenters. The number of benzene rings is 1. The summed E-state index contributed by atoms with van der Waals surface area (Å²) in [4.78, 5) is 28.6. The van der Waals surface area contributed by atoms with Crippen LogP contribution in [0.2, 0.25) is 0 Å². The average molecular weight is 597 g/mol. The van der Waals surface area contributed by atoms with Crippen LogP contribution < -0.4 is 21.0 Å². The summed E-state index contributed by atoms with van der Waals surface area (Å²) in [5, 5.41) is 13.9. The lowest BCUT2D eigenvalue weighted by molar-refractivity contribution is -0.154. The lowest BCUT2D eigenvalue weighted by Crippen LogP contribution is -2.41. The molecule has 41 heavy (non-hydrogen) atoms. The van der Waals surface area contributed by atoms with Gasteiger partial charge in [-0.2, -0.15) is 4.98 Å². The van der Waals surface area contributed by atoms with Crippen molar-refractivity contribution in [1.82, 2.24) is 14.6 Å². The van der Waals surface area contributed by atoms with Gasteiger partial charge in [0, 0.05) is 13.3 Å². The van der Waals surface area contributed by atoms with Gasteiger partial charge in [-0.1, -0.05) is 38.5 Å². The minimum Gasteiger partial charge on any atom is -0.464 e. The second kappa shape index (κ2) is 13.9. The molecule has 0 bridgehead atoms. The van der Waals surface area contributed by atoms with Crippen LogP contribution in [0.15, 0.2) is 47.4 Å². The fraction of sp³-hybridized carbons (Fsp3) is 0.593. The Morgan fingerprint density at radius 2 is 1.95 bits per heavy atom. The van der Waals surface area contributed by atoms with Crippen LogP contribution in [0.1, 0.15) is 47.3 Å². The van der Waals surface area contributed by atoms with Gasteiger partial charge in [-0.25, -0.2) is 14.4 Å². The van der Waals surface area contributed by atoms with E-state index in [1.165, 1.54) is 19.4 Å². The Hall–Kier alpha value is -2.80. The summed E-state index contributed by atoms with van der Waals surface area (Å²) in [7, 11) is -2.79. The zero-order chi connectivity index (χ0) is 30.4. The van der Waals surface area contributed by atoms with E-state index in [1.54, 1.807) is 51.1 Å². The van der Waals surface area contributed by atoms with E-state index in [0.717, 1.165) is 4.57 Å². The van der Waals surface area contributed by atoms with Gasteiger partial charge in [0.15, 0.2) is 6.23 Å². The molecule has 0 aliphatic carbocycles. The second-order valence-corrected chi connectivity index (χ2v) is 12.7. The van der Waals surface area contributed by atoms with Crippen LogP contribution in [0.3, 0.4) is 0 Å². The first kappa shape index (κ1) is 32.7. The average Bonchev–Trinajstić information content (AvgIpc) is 3.24. The van der Waals surface area contributed by atoms with Gasteiger partial charge in [0.1, 0.15) is 36.5 Å². The number of aromatic nitrogens is 2. The van der Waals surface area contributed by atoms with Gasteiger partial charge in [0.25, 0.3) is 0 Å². The molecule has 1 aliphatic rings. The number of nitrogens with one attached hydrogen (secondary N) is 1. The van der Waals surface area contributed by atoms with Crippen molar-refractivity contribution < 1.29 is 37.7 Å². The highest BCUT2D eigenvalue weighted by Gasteiger charge is 2.47. The van der Waals surface area contributed by atoms with E-state index in [1.807, 2.05) is 13.8 Å². The molecule has 4 N–H and O–H groups in total. The molecule has 1 aromatic heterocycles. The Morgan fingerprint density at radius 1 is 1.27 bits per heavy atom. The Bertz CT molecular complexity index is 1250. The SMILES string of the molecule is CC[C@H](C)[C@@H](COC(=O)C(C)(C)C)NP(=O)(OC[C@H]1O[C@@H](n2ccc(N)nc2=O)C(OC)C1O)Oc1ccccc1. The molecular weight excluding hydrogens is 555 g/mol. The van der Waals surface area contributed by atoms with Crippen LogP contribution in [0.25, 0.3) is 0 Å². The number of nitrogen functional groups attached to an aromatic ring is 1. The minimum absolute atomic E-state index is 0.0350. The van der Waals surface area contributed by atoms with E-state index in [4.69, 9.17) is 29.0 Å². The van der Waals surface area contributed by atoms with Crippen molar-refractivity contribution in [3.63, 3.8) is 0 Å². The topological polar surface area (TPSA) is 173 Å². The number of hydrogen-bond donors (Lipinski definition) is 3. The molecule has 1 aliphatic heterocycles. The number of para-hydroxylation sites is 1. The molecule has 228 valence electrons. The third kappa shape index (κ3) is 8.60. The van der Waals surface area contributed by atoms with Crippen molar-refractivity contribution in [2.24, 2.45) is 11.3 Å². The fourth-order valence-electron chi connectivity index (χ4n) is 4.03. The van der Waals surface area contributed by atoms with Crippen LogP contribution in [0.4, 0.5) is 5.82 Å². The highest BCUT2D eigenvalue weighted by molar-refractivity contribution is 7.52. The molecule has 14 heteroatoms. The summed E-state index contributed by atoms with van der Waals surface area (Å²) in [6, 6.07) is 9.28. The van der Waals surface area contributed by atoms with Crippen molar-refractivity contribution in [3.8, 4) is 5.75 Å². The number of esters is 1. The van der Waals surface area contributed by atoms with Gasteiger partial charge in [0.2, 0.25) is 0 Å². The number of hydrogen-bond acceptors (Lipinski definition) is 11. The Morgan fingerprint density at radius 3 is 2.54 bits per heavy atom. The van der Waals surface area contributed by atoms with Gasteiger partial charge in [-0.3, -0.25) is 13.9 Å². The highest BCUT2D eigenvalue weighted by Crippen LogP contribution is 2.46. The molecule has 7 atom stereocenters. The molecule has 13 nitrogen and oxygen atoms in total. The number of aliphatic hydroxyl groups is 1. The van der Waals surface area contributed by atoms with Crippen molar-refractivity contribution in [3.05, 3.63) is 53.1 Å². The summed E-state index contributed by atoms with van der Waals surface area (Å²) >= 11 is 0. The largest absolute Gasteiger partial charge is 0.464 e. The number of carbonyl (C=O) groups is 1. The zero-order valence-electron chi connectivity index (χ0n) is 24.3. The fourth-order valence-corrected chi connectivity index (χ4v) is 5.69. The van der Waals surface area contributed by atoms with Crippen LogP contribution in [-0.4, -0.2) is 65.3 Å². The lowest BCUT2D eigenvalue weighted by Gasteiger charge is -2.30. The molecule has 0 radical (unpaired) electrons. The van der Waals surface area contributed by atoms with E-state index in [2.05, 4.69) is 10.1 Å². The maximum Gasteiger partial charge on any atom is 0.459 e. The maximum atomic E-state index is 14.2. The van der Waals surface area contributed by atoms with Gasteiger partial charge in [-0.15, -0.1) is 0 Å². The van der Waals surface area contributed by atoms with Crippen molar-refractivity contribution in [1.29, 1.82) is 0 Å². The second-order valence-electron chi connectivity index (χ2n) is 11.0. The van der Waals surface area contributed by atoms with E-state index in [9.17, 15) is 19.3 Å².